The van der Waals surface area contributed by atoms with Gasteiger partial charge in [-0.3, -0.25) is 0 Å². The molecule has 25 heavy (non-hydrogen) atoms. The summed E-state index contributed by atoms with van der Waals surface area (Å²) >= 11 is 0. The summed E-state index contributed by atoms with van der Waals surface area (Å²) < 4.78 is 0. The second-order valence-electron chi connectivity index (χ2n) is 8.04. The van der Waals surface area contributed by atoms with Gasteiger partial charge < -0.3 is 4.90 Å². The highest BCUT2D eigenvalue weighted by Gasteiger charge is 2.26. The van der Waals surface area contributed by atoms with Crippen molar-refractivity contribution in [2.75, 3.05) is 11.9 Å². The van der Waals surface area contributed by atoms with Crippen LogP contribution in [0.2, 0.25) is 0 Å². The van der Waals surface area contributed by atoms with Crippen LogP contribution < -0.4 is 4.90 Å². The molecule has 0 saturated carbocycles. The Morgan fingerprint density at radius 3 is 2.28 bits per heavy atom. The van der Waals surface area contributed by atoms with E-state index in [-0.39, 0.29) is 5.41 Å². The Morgan fingerprint density at radius 1 is 0.960 bits per heavy atom. The molecule has 1 heteroatoms. The first-order chi connectivity index (χ1) is 12.0. The van der Waals surface area contributed by atoms with Gasteiger partial charge in [-0.25, -0.2) is 0 Å². The molecule has 134 valence electrons. The topological polar surface area (TPSA) is 3.24 Å². The fraction of sp³-hybridized carbons (Fsp3) is 0.500. The Balaban J connectivity index is 1.77. The molecule has 0 radical (unpaired) electrons. The summed E-state index contributed by atoms with van der Waals surface area (Å²) in [6.07, 6.45) is 15.8. The zero-order valence-electron chi connectivity index (χ0n) is 16.4. The number of hydrogen-bond donors (Lipinski definition) is 0. The van der Waals surface area contributed by atoms with Gasteiger partial charge in [0.15, 0.2) is 0 Å². The third-order valence-corrected chi connectivity index (χ3v) is 6.17. The van der Waals surface area contributed by atoms with Gasteiger partial charge in [-0.1, -0.05) is 56.2 Å². The van der Waals surface area contributed by atoms with Crippen molar-refractivity contribution in [1.29, 1.82) is 0 Å². The maximum atomic E-state index is 2.48. The fourth-order valence-corrected chi connectivity index (χ4v) is 4.10. The van der Waals surface area contributed by atoms with Gasteiger partial charge in [0.05, 0.1) is 0 Å². The maximum absolute atomic E-state index is 2.48. The van der Waals surface area contributed by atoms with Gasteiger partial charge in [-0.15, -0.1) is 0 Å². The molecular formula is C24H33N. The van der Waals surface area contributed by atoms with Gasteiger partial charge in [0, 0.05) is 23.8 Å². The van der Waals surface area contributed by atoms with Gasteiger partial charge in [-0.2, -0.15) is 0 Å². The predicted molar refractivity (Wildman–Crippen MR) is 110 cm³/mol. The highest BCUT2D eigenvalue weighted by Crippen LogP contribution is 2.38. The monoisotopic (exact) mass is 335 g/mol. The van der Waals surface area contributed by atoms with Gasteiger partial charge in [0.2, 0.25) is 0 Å². The van der Waals surface area contributed by atoms with E-state index < -0.39 is 0 Å². The molecule has 3 rings (SSSR count). The Morgan fingerprint density at radius 2 is 1.72 bits per heavy atom. The normalized spacial score (nSPS) is 18.3. The van der Waals surface area contributed by atoms with E-state index in [4.69, 9.17) is 0 Å². The molecule has 0 bridgehead atoms. The zero-order valence-corrected chi connectivity index (χ0v) is 16.4. The van der Waals surface area contributed by atoms with Gasteiger partial charge >= 0.3 is 0 Å². The van der Waals surface area contributed by atoms with Crippen LogP contribution in [0.25, 0.3) is 0 Å². The predicted octanol–water partition coefficient (Wildman–Crippen LogP) is 6.91. The third-order valence-electron chi connectivity index (χ3n) is 6.17. The van der Waals surface area contributed by atoms with Crippen molar-refractivity contribution in [2.45, 2.75) is 71.1 Å². The molecule has 0 atom stereocenters. The van der Waals surface area contributed by atoms with Crippen LogP contribution in [0.15, 0.2) is 59.3 Å². The van der Waals surface area contributed by atoms with Gasteiger partial charge in [0.1, 0.15) is 0 Å². The molecule has 0 aromatic heterocycles. The van der Waals surface area contributed by atoms with Crippen LogP contribution in [0.5, 0.6) is 0 Å². The number of rotatable bonds is 5. The molecule has 0 N–H and O–H groups in total. The van der Waals surface area contributed by atoms with E-state index in [1.54, 1.807) is 11.1 Å². The lowest BCUT2D eigenvalue weighted by Crippen LogP contribution is -2.22. The molecule has 0 fully saturated rings. The number of anilines is 1. The first-order valence-electron chi connectivity index (χ1n) is 9.94. The second-order valence-corrected chi connectivity index (χ2v) is 8.04. The summed E-state index contributed by atoms with van der Waals surface area (Å²) in [5.74, 6) is 0. The molecule has 1 aromatic carbocycles. The Bertz CT molecular complexity index is 685. The Kier molecular flexibility index (Phi) is 5.51. The third kappa shape index (κ3) is 3.92. The summed E-state index contributed by atoms with van der Waals surface area (Å²) in [5.41, 5.74) is 7.47. The van der Waals surface area contributed by atoms with Crippen LogP contribution in [0.3, 0.4) is 0 Å². The van der Waals surface area contributed by atoms with E-state index in [9.17, 15) is 0 Å². The van der Waals surface area contributed by atoms with Gasteiger partial charge in [0.25, 0.3) is 0 Å². The first kappa shape index (κ1) is 18.0. The van der Waals surface area contributed by atoms with E-state index in [2.05, 4.69) is 75.2 Å². The Labute approximate surface area is 154 Å². The largest absolute Gasteiger partial charge is 0.348 e. The standard InChI is InChI=1S/C24H33N/c1-5-19-11-15-22(16-12-19)25(4)23-17-13-21(14-18-23)24(2,3)20-9-7-6-8-10-20/h9,11,13-15,17-18H,5-8,10,12,16H2,1-4H3. The van der Waals surface area contributed by atoms with Crippen molar-refractivity contribution < 1.29 is 0 Å². The smallest absolute Gasteiger partial charge is 0.0405 e. The van der Waals surface area contributed by atoms with Crippen molar-refractivity contribution in [3.05, 3.63) is 64.9 Å². The van der Waals surface area contributed by atoms with E-state index in [1.165, 1.54) is 55.5 Å². The molecule has 2 aliphatic rings. The van der Waals surface area contributed by atoms with Crippen LogP contribution in [0.1, 0.15) is 71.3 Å². The number of hydrogen-bond acceptors (Lipinski definition) is 1. The highest BCUT2D eigenvalue weighted by atomic mass is 15.1. The van der Waals surface area contributed by atoms with Crippen molar-refractivity contribution in [3.63, 3.8) is 0 Å². The summed E-state index contributed by atoms with van der Waals surface area (Å²) in [5, 5.41) is 0. The first-order valence-corrected chi connectivity index (χ1v) is 9.94. The molecule has 1 aromatic rings. The molecule has 0 spiro atoms. The quantitative estimate of drug-likeness (QED) is 0.528. The number of benzene rings is 1. The lowest BCUT2D eigenvalue weighted by molar-refractivity contribution is 0.548. The highest BCUT2D eigenvalue weighted by molar-refractivity contribution is 5.54. The maximum Gasteiger partial charge on any atom is 0.0405 e. The molecule has 0 aliphatic heterocycles. The Hall–Kier alpha value is -1.76. The molecule has 0 amide bonds. The average molecular weight is 336 g/mol. The molecule has 0 saturated heterocycles. The lowest BCUT2D eigenvalue weighted by atomic mass is 9.74. The van der Waals surface area contributed by atoms with Crippen LogP contribution in [-0.4, -0.2) is 7.05 Å². The van der Waals surface area contributed by atoms with E-state index in [1.807, 2.05) is 0 Å². The summed E-state index contributed by atoms with van der Waals surface area (Å²) in [6, 6.07) is 9.25. The molecule has 1 nitrogen and oxygen atoms in total. The fourth-order valence-electron chi connectivity index (χ4n) is 4.10. The zero-order chi connectivity index (χ0) is 17.9. The number of nitrogens with zero attached hydrogens (tertiary/aromatic N) is 1. The summed E-state index contributed by atoms with van der Waals surface area (Å²) in [7, 11) is 2.19. The average Bonchev–Trinajstić information content (AvgIpc) is 2.68. The van der Waals surface area contributed by atoms with Crippen molar-refractivity contribution in [2.24, 2.45) is 0 Å². The van der Waals surface area contributed by atoms with Crippen LogP contribution in [0.4, 0.5) is 5.69 Å². The van der Waals surface area contributed by atoms with E-state index >= 15 is 0 Å². The molecule has 0 heterocycles. The van der Waals surface area contributed by atoms with Crippen molar-refractivity contribution >= 4 is 5.69 Å². The minimum absolute atomic E-state index is 0.153. The number of allylic oxidation sites excluding steroid dienone is 6. The van der Waals surface area contributed by atoms with Crippen LogP contribution in [-0.2, 0) is 5.41 Å². The summed E-state index contributed by atoms with van der Waals surface area (Å²) in [6.45, 7) is 7.00. The van der Waals surface area contributed by atoms with Crippen LogP contribution in [0, 0.1) is 0 Å². The van der Waals surface area contributed by atoms with Gasteiger partial charge in [-0.05, 0) is 68.7 Å². The molecule has 0 unspecified atom stereocenters. The van der Waals surface area contributed by atoms with Crippen molar-refractivity contribution in [1.82, 2.24) is 0 Å². The molecular weight excluding hydrogens is 302 g/mol. The minimum atomic E-state index is 0.153. The minimum Gasteiger partial charge on any atom is -0.348 e. The van der Waals surface area contributed by atoms with Crippen LogP contribution >= 0.6 is 0 Å². The van der Waals surface area contributed by atoms with Crippen molar-refractivity contribution in [3.8, 4) is 0 Å². The van der Waals surface area contributed by atoms with E-state index in [0.29, 0.717) is 0 Å². The second kappa shape index (κ2) is 7.64. The lowest BCUT2D eigenvalue weighted by Gasteiger charge is -2.32. The summed E-state index contributed by atoms with van der Waals surface area (Å²) in [4.78, 5) is 2.35. The SMILES string of the molecule is CCC1=CC=C(N(C)c2ccc(C(C)(C)C3=CCCCC3)cc2)CC1. The molecule has 2 aliphatic carbocycles. The van der Waals surface area contributed by atoms with E-state index in [0.717, 1.165) is 6.42 Å².